The number of nitrogens with zero attached hydrogens (tertiary/aromatic N) is 2. The van der Waals surface area contributed by atoms with Gasteiger partial charge in [0, 0.05) is 68.2 Å². The fourth-order valence-corrected chi connectivity index (χ4v) is 6.19. The number of rotatable bonds is 15. The lowest BCUT2D eigenvalue weighted by Crippen LogP contribution is -2.31. The maximum absolute atomic E-state index is 13.8. The lowest BCUT2D eigenvalue weighted by atomic mass is 9.90. The molecule has 1 N–H and O–H groups in total. The molecule has 52 heavy (non-hydrogen) atoms. The topological polar surface area (TPSA) is 63.3 Å². The van der Waals surface area contributed by atoms with Crippen molar-refractivity contribution >= 4 is 29.0 Å². The first-order valence-electron chi connectivity index (χ1n) is 16.7. The maximum Gasteiger partial charge on any atom is 0.417 e. The first-order chi connectivity index (χ1) is 25.0. The van der Waals surface area contributed by atoms with Gasteiger partial charge in [-0.2, -0.15) is 13.2 Å². The van der Waals surface area contributed by atoms with E-state index in [1.165, 1.54) is 25.2 Å². The minimum atomic E-state index is -4.56. The SMILES string of the molecule is COc1cc(NC(=O)N(C)c2cccc(OCCCN(Cc3cccc(C(F)(F)F)c3Cl)CC(c3ccccc3)c3ccccc3)c2)cc(OC)c1. The van der Waals surface area contributed by atoms with Gasteiger partial charge in [0.1, 0.15) is 17.2 Å². The number of carbonyl (C=O) groups is 1. The molecule has 0 bridgehead atoms. The van der Waals surface area contributed by atoms with Crippen LogP contribution in [0, 0.1) is 0 Å². The summed E-state index contributed by atoms with van der Waals surface area (Å²) in [4.78, 5) is 16.7. The Morgan fingerprint density at radius 1 is 0.788 bits per heavy atom. The van der Waals surface area contributed by atoms with Gasteiger partial charge in [0.15, 0.2) is 0 Å². The molecule has 0 radical (unpaired) electrons. The number of methoxy groups -OCH3 is 2. The van der Waals surface area contributed by atoms with Crippen molar-refractivity contribution in [2.24, 2.45) is 0 Å². The number of anilines is 2. The Bertz CT molecular complexity index is 1850. The highest BCUT2D eigenvalue weighted by Gasteiger charge is 2.34. The number of hydrogen-bond donors (Lipinski definition) is 1. The van der Waals surface area contributed by atoms with Gasteiger partial charge in [0.25, 0.3) is 0 Å². The normalized spacial score (nSPS) is 11.4. The molecule has 5 rings (SSSR count). The predicted octanol–water partition coefficient (Wildman–Crippen LogP) is 10.1. The molecule has 0 aliphatic heterocycles. The molecule has 11 heteroatoms. The number of alkyl halides is 3. The average molecular weight is 732 g/mol. The predicted molar refractivity (Wildman–Crippen MR) is 200 cm³/mol. The molecule has 5 aromatic rings. The van der Waals surface area contributed by atoms with Crippen LogP contribution in [0.2, 0.25) is 5.02 Å². The Morgan fingerprint density at radius 3 is 2.00 bits per heavy atom. The number of nitrogens with one attached hydrogen (secondary N) is 1. The molecule has 0 unspecified atom stereocenters. The molecular weight excluding hydrogens is 691 g/mol. The molecular formula is C41H41ClF3N3O4. The second-order valence-electron chi connectivity index (χ2n) is 12.2. The molecule has 7 nitrogen and oxygen atoms in total. The van der Waals surface area contributed by atoms with Crippen molar-refractivity contribution in [1.29, 1.82) is 0 Å². The smallest absolute Gasteiger partial charge is 0.417 e. The van der Waals surface area contributed by atoms with E-state index in [2.05, 4.69) is 34.5 Å². The van der Waals surface area contributed by atoms with Crippen molar-refractivity contribution in [3.8, 4) is 17.2 Å². The number of amides is 2. The monoisotopic (exact) mass is 731 g/mol. The largest absolute Gasteiger partial charge is 0.497 e. The van der Waals surface area contributed by atoms with Crippen LogP contribution in [0.3, 0.4) is 0 Å². The summed E-state index contributed by atoms with van der Waals surface area (Å²) in [6, 6.07) is 36.1. The van der Waals surface area contributed by atoms with Gasteiger partial charge in [-0.25, -0.2) is 4.79 Å². The van der Waals surface area contributed by atoms with Crippen molar-refractivity contribution in [3.63, 3.8) is 0 Å². The van der Waals surface area contributed by atoms with Gasteiger partial charge in [-0.1, -0.05) is 90.5 Å². The molecule has 0 spiro atoms. The van der Waals surface area contributed by atoms with E-state index in [-0.39, 0.29) is 23.5 Å². The van der Waals surface area contributed by atoms with Crippen LogP contribution in [0.5, 0.6) is 17.2 Å². The number of ether oxygens (including phenoxy) is 3. The minimum absolute atomic E-state index is 0.0377. The van der Waals surface area contributed by atoms with Gasteiger partial charge in [0.05, 0.1) is 31.4 Å². The van der Waals surface area contributed by atoms with Gasteiger partial charge < -0.3 is 19.5 Å². The number of halogens is 4. The van der Waals surface area contributed by atoms with Crippen molar-refractivity contribution in [3.05, 3.63) is 149 Å². The second-order valence-corrected chi connectivity index (χ2v) is 12.6. The van der Waals surface area contributed by atoms with Crippen LogP contribution >= 0.6 is 11.6 Å². The highest BCUT2D eigenvalue weighted by atomic mass is 35.5. The van der Waals surface area contributed by atoms with Crippen LogP contribution in [0.1, 0.15) is 34.6 Å². The Kier molecular flexibility index (Phi) is 13.1. The zero-order valence-corrected chi connectivity index (χ0v) is 30.0. The van der Waals surface area contributed by atoms with Gasteiger partial charge >= 0.3 is 12.2 Å². The Morgan fingerprint density at radius 2 is 1.40 bits per heavy atom. The van der Waals surface area contributed by atoms with Gasteiger partial charge in [-0.3, -0.25) is 9.80 Å². The van der Waals surface area contributed by atoms with Crippen LogP contribution in [0.25, 0.3) is 0 Å². The quantitative estimate of drug-likeness (QED) is 0.109. The van der Waals surface area contributed by atoms with E-state index in [4.69, 9.17) is 25.8 Å². The summed E-state index contributed by atoms with van der Waals surface area (Å²) in [6.07, 6.45) is -3.99. The second kappa shape index (κ2) is 17.8. The molecule has 0 atom stereocenters. The van der Waals surface area contributed by atoms with E-state index >= 15 is 0 Å². The van der Waals surface area contributed by atoms with Crippen LogP contribution in [-0.2, 0) is 12.7 Å². The fraction of sp³-hybridized carbons (Fsp3) is 0.244. The zero-order chi connectivity index (χ0) is 37.1. The molecule has 0 aliphatic rings. The number of benzene rings is 5. The fourth-order valence-electron chi connectivity index (χ4n) is 5.89. The number of carbonyl (C=O) groups excluding carboxylic acids is 1. The summed E-state index contributed by atoms with van der Waals surface area (Å²) >= 11 is 6.37. The first kappa shape index (κ1) is 38.1. The van der Waals surface area contributed by atoms with Crippen LogP contribution in [0.4, 0.5) is 29.3 Å². The molecule has 272 valence electrons. The molecule has 0 heterocycles. The Labute approximate surface area is 307 Å². The molecule has 5 aromatic carbocycles. The van der Waals surface area contributed by atoms with Crippen LogP contribution < -0.4 is 24.4 Å². The lowest BCUT2D eigenvalue weighted by Gasteiger charge is -2.29. The molecule has 0 saturated heterocycles. The van der Waals surface area contributed by atoms with Crippen molar-refractivity contribution < 1.29 is 32.2 Å². The van der Waals surface area contributed by atoms with E-state index < -0.39 is 11.7 Å². The third kappa shape index (κ3) is 10.2. The molecule has 0 aromatic heterocycles. The van der Waals surface area contributed by atoms with Gasteiger partial charge in [-0.05, 0) is 41.3 Å². The summed E-state index contributed by atoms with van der Waals surface area (Å²) in [5, 5.41) is 2.57. The highest BCUT2D eigenvalue weighted by Crippen LogP contribution is 2.37. The minimum Gasteiger partial charge on any atom is -0.497 e. The number of hydrogen-bond acceptors (Lipinski definition) is 5. The third-order valence-corrected chi connectivity index (χ3v) is 9.07. The van der Waals surface area contributed by atoms with E-state index in [1.54, 1.807) is 49.5 Å². The Hall–Kier alpha value is -5.19. The third-order valence-electron chi connectivity index (χ3n) is 8.62. The summed E-state index contributed by atoms with van der Waals surface area (Å²) < 4.78 is 58.0. The van der Waals surface area contributed by atoms with E-state index in [0.29, 0.717) is 60.3 Å². The highest BCUT2D eigenvalue weighted by molar-refractivity contribution is 6.32. The molecule has 0 saturated carbocycles. The van der Waals surface area contributed by atoms with Gasteiger partial charge in [0.2, 0.25) is 0 Å². The van der Waals surface area contributed by atoms with E-state index in [1.807, 2.05) is 42.5 Å². The van der Waals surface area contributed by atoms with Gasteiger partial charge in [-0.15, -0.1) is 0 Å². The maximum atomic E-state index is 13.8. The number of urea groups is 1. The zero-order valence-electron chi connectivity index (χ0n) is 29.2. The standard InChI is InChI=1S/C41H41ClF3N3O4/c1-47(40(49)46-32-23-35(50-2)26-36(24-32)51-3)33-18-11-19-34(25-33)52-22-12-21-48(27-31-17-10-20-38(39(31)42)41(43,44)45)28-37(29-13-6-4-7-14-29)30-15-8-5-9-16-30/h4-11,13-20,23-26,37H,12,21-22,27-28H2,1-3H3,(H,46,49). The van der Waals surface area contributed by atoms with Crippen molar-refractivity contribution in [2.75, 3.05) is 51.2 Å². The van der Waals surface area contributed by atoms with Crippen molar-refractivity contribution in [2.45, 2.75) is 25.1 Å². The van der Waals surface area contributed by atoms with Crippen LogP contribution in [0.15, 0.2) is 121 Å². The first-order valence-corrected chi connectivity index (χ1v) is 17.1. The van der Waals surface area contributed by atoms with E-state index in [0.717, 1.165) is 17.2 Å². The van der Waals surface area contributed by atoms with Crippen molar-refractivity contribution in [1.82, 2.24) is 4.90 Å². The van der Waals surface area contributed by atoms with Crippen LogP contribution in [-0.4, -0.2) is 51.9 Å². The van der Waals surface area contributed by atoms with E-state index in [9.17, 15) is 18.0 Å². The molecule has 0 fully saturated rings. The summed E-state index contributed by atoms with van der Waals surface area (Å²) in [5.74, 6) is 1.61. The molecule has 2 amide bonds. The lowest BCUT2D eigenvalue weighted by molar-refractivity contribution is -0.137. The Balaban J connectivity index is 1.28. The summed E-state index contributed by atoms with van der Waals surface area (Å²) in [6.45, 7) is 1.61. The summed E-state index contributed by atoms with van der Waals surface area (Å²) in [7, 11) is 4.72. The average Bonchev–Trinajstić information content (AvgIpc) is 3.15. The summed E-state index contributed by atoms with van der Waals surface area (Å²) in [5.41, 5.74) is 2.87. The molecule has 0 aliphatic carbocycles.